The number of carboxylic acid groups (broad SMARTS) is 1. The van der Waals surface area contributed by atoms with Crippen molar-refractivity contribution >= 4 is 21.8 Å². The topological polar surface area (TPSA) is 151 Å². The molecule has 0 unspecified atom stereocenters. The first kappa shape index (κ1) is 20.8. The van der Waals surface area contributed by atoms with Gasteiger partial charge in [0.2, 0.25) is 10.0 Å². The first-order chi connectivity index (χ1) is 11.8. The average molecular weight is 374 g/mol. The number of unbranched alkanes of at least 4 members (excludes halogenated alkanes) is 1. The van der Waals surface area contributed by atoms with E-state index in [9.17, 15) is 23.3 Å². The zero-order chi connectivity index (χ0) is 18.9. The molecule has 0 fully saturated rings. The molecule has 0 saturated carbocycles. The number of rotatable bonds is 11. The first-order valence-corrected chi connectivity index (χ1v) is 9.13. The summed E-state index contributed by atoms with van der Waals surface area (Å²) in [5.74, 6) is 0. The normalized spacial score (nSPS) is 12.5. The smallest absolute Gasteiger partial charge is 0.404 e. The Morgan fingerprint density at radius 3 is 2.60 bits per heavy atom. The van der Waals surface area contributed by atoms with Crippen molar-refractivity contribution in [3.63, 3.8) is 0 Å². The van der Waals surface area contributed by atoms with Crippen LogP contribution in [0.1, 0.15) is 19.3 Å². The highest BCUT2D eigenvalue weighted by atomic mass is 32.2. The molecule has 1 amide bonds. The van der Waals surface area contributed by atoms with Crippen LogP contribution in [0.3, 0.4) is 0 Å². The van der Waals surface area contributed by atoms with E-state index in [2.05, 4.69) is 15.4 Å². The van der Waals surface area contributed by atoms with Crippen LogP contribution < -0.4 is 15.4 Å². The quantitative estimate of drug-likeness (QED) is 0.255. The second kappa shape index (κ2) is 9.91. The van der Waals surface area contributed by atoms with Crippen LogP contribution >= 0.6 is 0 Å². The van der Waals surface area contributed by atoms with Gasteiger partial charge in [-0.3, -0.25) is 10.1 Å². The van der Waals surface area contributed by atoms with E-state index in [1.807, 2.05) is 0 Å². The van der Waals surface area contributed by atoms with Gasteiger partial charge in [-0.05, 0) is 26.0 Å². The van der Waals surface area contributed by atoms with E-state index in [1.165, 1.54) is 18.2 Å². The minimum Gasteiger partial charge on any atom is -0.465 e. The van der Waals surface area contributed by atoms with Crippen LogP contribution in [0.5, 0.6) is 0 Å². The Kier molecular flexibility index (Phi) is 8.25. The Hall–Kier alpha value is -2.24. The van der Waals surface area contributed by atoms with Crippen molar-refractivity contribution in [2.75, 3.05) is 20.1 Å². The molecule has 0 spiro atoms. The van der Waals surface area contributed by atoms with Gasteiger partial charge in [-0.25, -0.2) is 17.9 Å². The Balaban J connectivity index is 2.48. The van der Waals surface area contributed by atoms with Crippen LogP contribution in [-0.4, -0.2) is 50.7 Å². The molecule has 140 valence electrons. The van der Waals surface area contributed by atoms with Gasteiger partial charge < -0.3 is 15.7 Å². The predicted octanol–water partition coefficient (Wildman–Crippen LogP) is 0.899. The number of para-hydroxylation sites is 1. The zero-order valence-corrected chi connectivity index (χ0v) is 14.6. The standard InChI is InChI=1S/C14H22N4O6S/c1-15-11(10-16-14(19)20)6-4-5-9-17-25(23,24)13-8-3-2-7-12(13)18(21)22/h2-3,7-8,11,15-17H,4-6,9-10H2,1H3,(H,19,20)/t11-/m0/s1. The predicted molar refractivity (Wildman–Crippen MR) is 91.0 cm³/mol. The molecule has 0 saturated heterocycles. The molecule has 1 atom stereocenters. The fourth-order valence-electron chi connectivity index (χ4n) is 2.19. The fourth-order valence-corrected chi connectivity index (χ4v) is 3.44. The number of likely N-dealkylation sites (N-methyl/N-ethyl adjacent to an activating group) is 1. The average Bonchev–Trinajstić information content (AvgIpc) is 2.57. The summed E-state index contributed by atoms with van der Waals surface area (Å²) in [5, 5.41) is 24.7. The highest BCUT2D eigenvalue weighted by Crippen LogP contribution is 2.22. The van der Waals surface area contributed by atoms with Crippen molar-refractivity contribution in [3.05, 3.63) is 34.4 Å². The highest BCUT2D eigenvalue weighted by Gasteiger charge is 2.24. The first-order valence-electron chi connectivity index (χ1n) is 7.65. The minimum atomic E-state index is -3.96. The number of hydrogen-bond donors (Lipinski definition) is 4. The van der Waals surface area contributed by atoms with E-state index in [4.69, 9.17) is 5.11 Å². The Bertz CT molecular complexity index is 694. The van der Waals surface area contributed by atoms with Crippen LogP contribution in [0.4, 0.5) is 10.5 Å². The molecular formula is C14H22N4O6S. The number of nitro benzene ring substituents is 1. The lowest BCUT2D eigenvalue weighted by molar-refractivity contribution is -0.387. The molecular weight excluding hydrogens is 352 g/mol. The number of carbonyl (C=O) groups is 1. The summed E-state index contributed by atoms with van der Waals surface area (Å²) < 4.78 is 26.7. The molecule has 0 aliphatic rings. The van der Waals surface area contributed by atoms with Gasteiger partial charge in [0, 0.05) is 25.2 Å². The van der Waals surface area contributed by atoms with E-state index < -0.39 is 26.7 Å². The SMILES string of the molecule is CN[C@@H](CCCCNS(=O)(=O)c1ccccc1[N+](=O)[O-])CNC(=O)O. The third kappa shape index (κ3) is 7.03. The van der Waals surface area contributed by atoms with Gasteiger partial charge in [0.05, 0.1) is 4.92 Å². The molecule has 1 aromatic rings. The van der Waals surface area contributed by atoms with Crippen LogP contribution in [0.15, 0.2) is 29.2 Å². The summed E-state index contributed by atoms with van der Waals surface area (Å²) >= 11 is 0. The molecule has 11 heteroatoms. The van der Waals surface area contributed by atoms with Crippen LogP contribution in [-0.2, 0) is 10.0 Å². The summed E-state index contributed by atoms with van der Waals surface area (Å²) in [7, 11) is -2.25. The maximum atomic E-state index is 12.2. The van der Waals surface area contributed by atoms with Crippen molar-refractivity contribution < 1.29 is 23.2 Å². The third-order valence-electron chi connectivity index (χ3n) is 3.53. The van der Waals surface area contributed by atoms with E-state index in [0.717, 1.165) is 6.07 Å². The second-order valence-corrected chi connectivity index (χ2v) is 7.03. The van der Waals surface area contributed by atoms with E-state index in [1.54, 1.807) is 7.05 Å². The highest BCUT2D eigenvalue weighted by molar-refractivity contribution is 7.89. The number of nitrogens with zero attached hydrogens (tertiary/aromatic N) is 1. The number of sulfonamides is 1. The lowest BCUT2D eigenvalue weighted by Gasteiger charge is -2.15. The van der Waals surface area contributed by atoms with Gasteiger partial charge in [0.25, 0.3) is 5.69 Å². The summed E-state index contributed by atoms with van der Waals surface area (Å²) in [6.07, 6.45) is 0.735. The maximum absolute atomic E-state index is 12.2. The van der Waals surface area contributed by atoms with Gasteiger partial charge >= 0.3 is 6.09 Å². The Labute approximate surface area is 145 Å². The molecule has 0 radical (unpaired) electrons. The molecule has 0 bridgehead atoms. The molecule has 1 rings (SSSR count). The van der Waals surface area contributed by atoms with Crippen molar-refractivity contribution in [1.82, 2.24) is 15.4 Å². The summed E-state index contributed by atoms with van der Waals surface area (Å²) in [5.41, 5.74) is -0.468. The van der Waals surface area contributed by atoms with Crippen molar-refractivity contribution in [2.45, 2.75) is 30.2 Å². The van der Waals surface area contributed by atoms with Gasteiger partial charge in [0.1, 0.15) is 0 Å². The lowest BCUT2D eigenvalue weighted by atomic mass is 10.1. The van der Waals surface area contributed by atoms with Crippen LogP contribution in [0.2, 0.25) is 0 Å². The van der Waals surface area contributed by atoms with Gasteiger partial charge in [-0.2, -0.15) is 0 Å². The van der Waals surface area contributed by atoms with E-state index in [-0.39, 0.29) is 24.0 Å². The summed E-state index contributed by atoms with van der Waals surface area (Å²) in [6, 6.07) is 5.11. The van der Waals surface area contributed by atoms with Crippen molar-refractivity contribution in [2.24, 2.45) is 0 Å². The monoisotopic (exact) mass is 374 g/mol. The Morgan fingerprint density at radius 2 is 2.00 bits per heavy atom. The Morgan fingerprint density at radius 1 is 1.32 bits per heavy atom. The van der Waals surface area contributed by atoms with Crippen molar-refractivity contribution in [1.29, 1.82) is 0 Å². The summed E-state index contributed by atoms with van der Waals surface area (Å²) in [6.45, 7) is 0.394. The number of hydrogen-bond acceptors (Lipinski definition) is 6. The molecule has 0 aliphatic heterocycles. The zero-order valence-electron chi connectivity index (χ0n) is 13.8. The van der Waals surface area contributed by atoms with Gasteiger partial charge in [-0.1, -0.05) is 18.6 Å². The van der Waals surface area contributed by atoms with E-state index >= 15 is 0 Å². The van der Waals surface area contributed by atoms with Gasteiger partial charge in [-0.15, -0.1) is 0 Å². The number of nitrogens with one attached hydrogen (secondary N) is 3. The van der Waals surface area contributed by atoms with Crippen LogP contribution in [0, 0.1) is 10.1 Å². The number of benzene rings is 1. The third-order valence-corrected chi connectivity index (χ3v) is 5.04. The molecule has 0 heterocycles. The summed E-state index contributed by atoms with van der Waals surface area (Å²) in [4.78, 5) is 20.3. The van der Waals surface area contributed by atoms with Crippen LogP contribution in [0.25, 0.3) is 0 Å². The van der Waals surface area contributed by atoms with E-state index in [0.29, 0.717) is 19.3 Å². The molecule has 10 nitrogen and oxygen atoms in total. The minimum absolute atomic E-state index is 0.0529. The second-order valence-electron chi connectivity index (χ2n) is 5.29. The fraction of sp³-hybridized carbons (Fsp3) is 0.500. The lowest BCUT2D eigenvalue weighted by Crippen LogP contribution is -2.38. The maximum Gasteiger partial charge on any atom is 0.404 e. The van der Waals surface area contributed by atoms with Gasteiger partial charge in [0.15, 0.2) is 4.90 Å². The number of nitro groups is 1. The van der Waals surface area contributed by atoms with Crippen molar-refractivity contribution in [3.8, 4) is 0 Å². The molecule has 4 N–H and O–H groups in total. The molecule has 0 aliphatic carbocycles. The number of amides is 1. The largest absolute Gasteiger partial charge is 0.465 e. The molecule has 1 aromatic carbocycles. The molecule has 25 heavy (non-hydrogen) atoms. The molecule has 0 aromatic heterocycles.